The van der Waals surface area contributed by atoms with Crippen LogP contribution in [-0.2, 0) is 14.9 Å². The van der Waals surface area contributed by atoms with Crippen molar-refractivity contribution in [2.75, 3.05) is 19.8 Å². The van der Waals surface area contributed by atoms with Gasteiger partial charge in [-0.05, 0) is 49.3 Å². The number of benzene rings is 1. The number of hydrogen-bond donors (Lipinski definition) is 1. The van der Waals surface area contributed by atoms with Crippen LogP contribution >= 0.6 is 11.6 Å². The fourth-order valence-corrected chi connectivity index (χ4v) is 4.08. The van der Waals surface area contributed by atoms with E-state index in [-0.39, 0.29) is 11.3 Å². The molecule has 1 aliphatic carbocycles. The van der Waals surface area contributed by atoms with Crippen molar-refractivity contribution in [3.8, 4) is 0 Å². The van der Waals surface area contributed by atoms with E-state index in [4.69, 9.17) is 16.3 Å². The van der Waals surface area contributed by atoms with E-state index < -0.39 is 0 Å². The Bertz CT molecular complexity index is 517. The Hall–Kier alpha value is -1.06. The number of halogens is 1. The van der Waals surface area contributed by atoms with E-state index in [1.807, 2.05) is 12.1 Å². The van der Waals surface area contributed by atoms with Gasteiger partial charge in [0.05, 0.1) is 0 Å². The molecule has 23 heavy (non-hydrogen) atoms. The molecule has 126 valence electrons. The maximum Gasteiger partial charge on any atom is 0.220 e. The second-order valence-corrected chi connectivity index (χ2v) is 7.47. The lowest BCUT2D eigenvalue weighted by molar-refractivity contribution is -0.122. The summed E-state index contributed by atoms with van der Waals surface area (Å²) in [7, 11) is 0. The third-order valence-corrected chi connectivity index (χ3v) is 5.73. The molecular weight excluding hydrogens is 310 g/mol. The van der Waals surface area contributed by atoms with Crippen molar-refractivity contribution in [2.24, 2.45) is 5.92 Å². The van der Waals surface area contributed by atoms with Crippen LogP contribution in [0.1, 0.15) is 50.5 Å². The molecule has 1 N–H and O–H groups in total. The Balaban J connectivity index is 1.64. The van der Waals surface area contributed by atoms with Crippen LogP contribution < -0.4 is 5.32 Å². The molecule has 1 aromatic carbocycles. The van der Waals surface area contributed by atoms with Crippen LogP contribution in [-0.4, -0.2) is 25.7 Å². The fraction of sp³-hybridized carbons (Fsp3) is 0.632. The lowest BCUT2D eigenvalue weighted by atomic mass is 9.74. The van der Waals surface area contributed by atoms with E-state index in [0.717, 1.165) is 31.1 Å². The minimum absolute atomic E-state index is 0.0197. The van der Waals surface area contributed by atoms with E-state index in [9.17, 15) is 4.79 Å². The highest BCUT2D eigenvalue weighted by Gasteiger charge is 2.35. The highest BCUT2D eigenvalue weighted by Crippen LogP contribution is 2.35. The summed E-state index contributed by atoms with van der Waals surface area (Å²) < 4.78 is 5.55. The van der Waals surface area contributed by atoms with Crippen molar-refractivity contribution in [3.63, 3.8) is 0 Å². The molecule has 2 aliphatic rings. The Kier molecular flexibility index (Phi) is 5.60. The summed E-state index contributed by atoms with van der Waals surface area (Å²) in [5.41, 5.74) is 1.24. The summed E-state index contributed by atoms with van der Waals surface area (Å²) in [5.74, 6) is 0.799. The van der Waals surface area contributed by atoms with Crippen LogP contribution in [0.5, 0.6) is 0 Å². The summed E-state index contributed by atoms with van der Waals surface area (Å²) in [6, 6.07) is 8.07. The number of amides is 1. The third-order valence-electron chi connectivity index (χ3n) is 5.48. The number of carbonyl (C=O) groups is 1. The molecule has 0 aromatic heterocycles. The zero-order valence-corrected chi connectivity index (χ0v) is 14.4. The number of ether oxygens (including phenoxy) is 1. The van der Waals surface area contributed by atoms with Gasteiger partial charge < -0.3 is 10.1 Å². The lowest BCUT2D eigenvalue weighted by Crippen LogP contribution is -2.44. The topological polar surface area (TPSA) is 38.3 Å². The highest BCUT2D eigenvalue weighted by molar-refractivity contribution is 6.30. The van der Waals surface area contributed by atoms with E-state index in [1.54, 1.807) is 0 Å². The van der Waals surface area contributed by atoms with Crippen LogP contribution in [0.15, 0.2) is 24.3 Å². The molecule has 3 rings (SSSR count). The Morgan fingerprint density at radius 1 is 1.17 bits per heavy atom. The van der Waals surface area contributed by atoms with Crippen LogP contribution in [0.4, 0.5) is 0 Å². The van der Waals surface area contributed by atoms with Gasteiger partial charge in [0.15, 0.2) is 0 Å². The first kappa shape index (κ1) is 16.8. The molecule has 0 radical (unpaired) electrons. The lowest BCUT2D eigenvalue weighted by Gasteiger charge is -2.38. The molecule has 1 heterocycles. The minimum Gasteiger partial charge on any atom is -0.381 e. The number of rotatable bonds is 5. The zero-order valence-electron chi connectivity index (χ0n) is 13.7. The maximum absolute atomic E-state index is 12.3. The standard InChI is InChI=1S/C19H26ClNO2/c20-17-7-5-16(6-8-17)19(9-11-23-12-10-19)14-21-18(22)13-15-3-1-2-4-15/h5-8,15H,1-4,9-14H2,(H,21,22). The van der Waals surface area contributed by atoms with Gasteiger partial charge in [-0.15, -0.1) is 0 Å². The Morgan fingerprint density at radius 2 is 1.83 bits per heavy atom. The predicted octanol–water partition coefficient (Wildman–Crippen LogP) is 4.08. The molecule has 0 spiro atoms. The van der Waals surface area contributed by atoms with E-state index in [2.05, 4.69) is 17.4 Å². The largest absolute Gasteiger partial charge is 0.381 e. The van der Waals surface area contributed by atoms with E-state index in [0.29, 0.717) is 18.9 Å². The average molecular weight is 336 g/mol. The molecule has 1 aliphatic heterocycles. The van der Waals surface area contributed by atoms with E-state index in [1.165, 1.54) is 31.2 Å². The summed E-state index contributed by atoms with van der Waals surface area (Å²) in [6.45, 7) is 2.20. The van der Waals surface area contributed by atoms with Crippen molar-refractivity contribution in [2.45, 2.75) is 50.4 Å². The summed E-state index contributed by atoms with van der Waals surface area (Å²) in [6.07, 6.45) is 7.56. The second kappa shape index (κ2) is 7.67. The number of nitrogens with one attached hydrogen (secondary N) is 1. The molecule has 1 saturated heterocycles. The average Bonchev–Trinajstić information content (AvgIpc) is 3.07. The molecule has 2 fully saturated rings. The van der Waals surface area contributed by atoms with Crippen molar-refractivity contribution >= 4 is 17.5 Å². The molecule has 0 atom stereocenters. The molecule has 4 heteroatoms. The molecule has 3 nitrogen and oxygen atoms in total. The maximum atomic E-state index is 12.3. The monoisotopic (exact) mass is 335 g/mol. The molecule has 1 aromatic rings. The zero-order chi connectivity index (χ0) is 16.1. The Morgan fingerprint density at radius 3 is 2.48 bits per heavy atom. The Labute approximate surface area is 143 Å². The van der Waals surface area contributed by atoms with Crippen molar-refractivity contribution in [1.82, 2.24) is 5.32 Å². The van der Waals surface area contributed by atoms with Crippen LogP contribution in [0.2, 0.25) is 5.02 Å². The van der Waals surface area contributed by atoms with Crippen molar-refractivity contribution in [3.05, 3.63) is 34.9 Å². The second-order valence-electron chi connectivity index (χ2n) is 7.03. The van der Waals surface area contributed by atoms with Gasteiger partial charge in [0.1, 0.15) is 0 Å². The van der Waals surface area contributed by atoms with Gasteiger partial charge in [0.25, 0.3) is 0 Å². The summed E-state index contributed by atoms with van der Waals surface area (Å²) in [4.78, 5) is 12.3. The predicted molar refractivity (Wildman–Crippen MR) is 92.8 cm³/mol. The van der Waals surface area contributed by atoms with Crippen molar-refractivity contribution in [1.29, 1.82) is 0 Å². The number of hydrogen-bond acceptors (Lipinski definition) is 2. The van der Waals surface area contributed by atoms with Gasteiger partial charge >= 0.3 is 0 Å². The summed E-state index contributed by atoms with van der Waals surface area (Å²) >= 11 is 6.02. The highest BCUT2D eigenvalue weighted by atomic mass is 35.5. The molecule has 1 amide bonds. The smallest absolute Gasteiger partial charge is 0.220 e. The molecule has 0 unspecified atom stereocenters. The van der Waals surface area contributed by atoms with E-state index >= 15 is 0 Å². The summed E-state index contributed by atoms with van der Waals surface area (Å²) in [5, 5.41) is 3.96. The van der Waals surface area contributed by atoms with Crippen LogP contribution in [0, 0.1) is 5.92 Å². The van der Waals surface area contributed by atoms with Gasteiger partial charge in [-0.3, -0.25) is 4.79 Å². The molecular formula is C19H26ClNO2. The van der Waals surface area contributed by atoms with Crippen LogP contribution in [0.3, 0.4) is 0 Å². The first-order chi connectivity index (χ1) is 11.2. The molecule has 1 saturated carbocycles. The quantitative estimate of drug-likeness (QED) is 0.880. The van der Waals surface area contributed by atoms with Gasteiger partial charge in [-0.2, -0.15) is 0 Å². The van der Waals surface area contributed by atoms with Gasteiger partial charge in [0.2, 0.25) is 5.91 Å². The van der Waals surface area contributed by atoms with Gasteiger partial charge in [-0.1, -0.05) is 36.6 Å². The normalized spacial score (nSPS) is 21.3. The van der Waals surface area contributed by atoms with Gasteiger partial charge in [-0.25, -0.2) is 0 Å². The van der Waals surface area contributed by atoms with Gasteiger partial charge in [0, 0.05) is 36.6 Å². The first-order valence-electron chi connectivity index (χ1n) is 8.78. The molecule has 0 bridgehead atoms. The minimum atomic E-state index is -0.0197. The fourth-order valence-electron chi connectivity index (χ4n) is 3.95. The third kappa shape index (κ3) is 4.27. The SMILES string of the molecule is O=C(CC1CCCC1)NCC1(c2ccc(Cl)cc2)CCOCC1. The number of carbonyl (C=O) groups excluding carboxylic acids is 1. The van der Waals surface area contributed by atoms with Crippen molar-refractivity contribution < 1.29 is 9.53 Å². The van der Waals surface area contributed by atoms with Crippen LogP contribution in [0.25, 0.3) is 0 Å². The first-order valence-corrected chi connectivity index (χ1v) is 9.16.